The summed E-state index contributed by atoms with van der Waals surface area (Å²) in [5.41, 5.74) is 0. The maximum absolute atomic E-state index is 12.0. The summed E-state index contributed by atoms with van der Waals surface area (Å²) < 4.78 is 0. The number of nitrogens with zero attached hydrogens (tertiary/aromatic N) is 1. The van der Waals surface area contributed by atoms with Crippen LogP contribution in [0.25, 0.3) is 0 Å². The minimum atomic E-state index is -0.395. The largest absolute Gasteiger partial charge is 0.391 e. The lowest BCUT2D eigenvalue weighted by Gasteiger charge is -2.34. The number of carbonyl (C=O) groups excluding carboxylic acids is 1. The van der Waals surface area contributed by atoms with E-state index in [2.05, 4.69) is 17.4 Å². The van der Waals surface area contributed by atoms with Gasteiger partial charge in [-0.3, -0.25) is 0 Å². The first kappa shape index (κ1) is 15.2. The van der Waals surface area contributed by atoms with Gasteiger partial charge in [0.15, 0.2) is 0 Å². The van der Waals surface area contributed by atoms with E-state index in [1.165, 1.54) is 4.90 Å². The van der Waals surface area contributed by atoms with E-state index in [4.69, 9.17) is 0 Å². The Bertz CT molecular complexity index is 427. The molecular formula is C15H22N2O2S. The number of aliphatic hydroxyl groups excluding tert-OH is 1. The highest BCUT2D eigenvalue weighted by molar-refractivity contribution is 7.99. The monoisotopic (exact) mass is 294 g/mol. The first-order valence-corrected chi connectivity index (χ1v) is 8.04. The van der Waals surface area contributed by atoms with Gasteiger partial charge in [0.2, 0.25) is 0 Å². The summed E-state index contributed by atoms with van der Waals surface area (Å²) in [6.07, 6.45) is 0.473. The van der Waals surface area contributed by atoms with Crippen molar-refractivity contribution < 1.29 is 9.90 Å². The highest BCUT2D eigenvalue weighted by atomic mass is 32.2. The Hall–Kier alpha value is -1.20. The molecule has 5 heteroatoms. The van der Waals surface area contributed by atoms with Crippen molar-refractivity contribution in [2.24, 2.45) is 5.92 Å². The Morgan fingerprint density at radius 1 is 1.45 bits per heavy atom. The average Bonchev–Trinajstić information content (AvgIpc) is 2.47. The molecule has 4 nitrogen and oxygen atoms in total. The van der Waals surface area contributed by atoms with Crippen LogP contribution in [0.2, 0.25) is 0 Å². The average molecular weight is 294 g/mol. The van der Waals surface area contributed by atoms with Gasteiger partial charge in [-0.05, 0) is 24.5 Å². The van der Waals surface area contributed by atoms with E-state index in [9.17, 15) is 9.90 Å². The molecule has 20 heavy (non-hydrogen) atoms. The molecule has 1 aliphatic rings. The van der Waals surface area contributed by atoms with E-state index in [1.54, 1.807) is 16.7 Å². The van der Waals surface area contributed by atoms with Crippen LogP contribution in [-0.4, -0.2) is 47.5 Å². The molecule has 1 aliphatic heterocycles. The summed E-state index contributed by atoms with van der Waals surface area (Å²) in [6, 6.07) is 10.1. The summed E-state index contributed by atoms with van der Waals surface area (Å²) in [5.74, 6) is 1.13. The van der Waals surface area contributed by atoms with Gasteiger partial charge in [0.1, 0.15) is 0 Å². The molecule has 2 N–H and O–H groups in total. The lowest BCUT2D eigenvalue weighted by atomic mass is 9.96. The fourth-order valence-electron chi connectivity index (χ4n) is 2.19. The molecule has 0 bridgehead atoms. The quantitative estimate of drug-likeness (QED) is 0.661. The van der Waals surface area contributed by atoms with Crippen LogP contribution in [0.1, 0.15) is 13.3 Å². The molecule has 1 aromatic rings. The number of β-amino-alcohol motifs (C(OH)–C–C–N with tert-alkyl or cyclic N) is 1. The Morgan fingerprint density at radius 3 is 2.90 bits per heavy atom. The number of nitrogens with one attached hydrogen (secondary N) is 1. The minimum absolute atomic E-state index is 0.0652. The Morgan fingerprint density at radius 2 is 2.20 bits per heavy atom. The van der Waals surface area contributed by atoms with Gasteiger partial charge in [-0.15, -0.1) is 11.8 Å². The second-order valence-corrected chi connectivity index (χ2v) is 6.34. The molecule has 0 radical (unpaired) electrons. The zero-order valence-electron chi connectivity index (χ0n) is 11.8. The van der Waals surface area contributed by atoms with Crippen molar-refractivity contribution in [2.45, 2.75) is 24.3 Å². The summed E-state index contributed by atoms with van der Waals surface area (Å²) in [5, 5.41) is 12.7. The van der Waals surface area contributed by atoms with E-state index in [1.807, 2.05) is 25.1 Å². The summed E-state index contributed by atoms with van der Waals surface area (Å²) in [7, 11) is 0. The number of benzene rings is 1. The summed E-state index contributed by atoms with van der Waals surface area (Å²) in [4.78, 5) is 14.9. The SMILES string of the molecule is CC1CCN(C(=O)NCCSc2ccccc2)CC1O. The standard InChI is InChI=1S/C15H22N2O2S/c1-12-7-9-17(11-14(12)18)15(19)16-8-10-20-13-5-3-2-4-6-13/h2-6,12,14,18H,7-11H2,1H3,(H,16,19). The van der Waals surface area contributed by atoms with Crippen molar-refractivity contribution in [2.75, 3.05) is 25.4 Å². The van der Waals surface area contributed by atoms with Crippen LogP contribution in [-0.2, 0) is 0 Å². The van der Waals surface area contributed by atoms with E-state index >= 15 is 0 Å². The molecule has 0 spiro atoms. The van der Waals surface area contributed by atoms with Crippen molar-refractivity contribution in [1.82, 2.24) is 10.2 Å². The van der Waals surface area contributed by atoms with Crippen LogP contribution in [0.5, 0.6) is 0 Å². The number of hydrogen-bond acceptors (Lipinski definition) is 3. The highest BCUT2D eigenvalue weighted by Crippen LogP contribution is 2.17. The smallest absolute Gasteiger partial charge is 0.317 e. The van der Waals surface area contributed by atoms with Gasteiger partial charge < -0.3 is 15.3 Å². The van der Waals surface area contributed by atoms with E-state index in [0.717, 1.165) is 18.7 Å². The van der Waals surface area contributed by atoms with E-state index in [0.29, 0.717) is 13.1 Å². The van der Waals surface area contributed by atoms with Crippen LogP contribution in [0, 0.1) is 5.92 Å². The molecule has 0 aromatic heterocycles. The van der Waals surface area contributed by atoms with Crippen molar-refractivity contribution >= 4 is 17.8 Å². The zero-order valence-corrected chi connectivity index (χ0v) is 12.6. The second-order valence-electron chi connectivity index (χ2n) is 5.17. The number of amides is 2. The first-order valence-electron chi connectivity index (χ1n) is 7.05. The molecule has 1 fully saturated rings. The lowest BCUT2D eigenvalue weighted by Crippen LogP contribution is -2.50. The van der Waals surface area contributed by atoms with Crippen molar-refractivity contribution in [3.8, 4) is 0 Å². The van der Waals surface area contributed by atoms with E-state index in [-0.39, 0.29) is 11.9 Å². The van der Waals surface area contributed by atoms with Gasteiger partial charge in [0.25, 0.3) is 0 Å². The molecule has 0 saturated carbocycles. The normalized spacial score (nSPS) is 22.6. The van der Waals surface area contributed by atoms with Gasteiger partial charge >= 0.3 is 6.03 Å². The molecule has 1 saturated heterocycles. The number of thioether (sulfide) groups is 1. The van der Waals surface area contributed by atoms with Crippen molar-refractivity contribution in [1.29, 1.82) is 0 Å². The first-order chi connectivity index (χ1) is 9.66. The van der Waals surface area contributed by atoms with E-state index < -0.39 is 6.10 Å². The lowest BCUT2D eigenvalue weighted by molar-refractivity contribution is 0.0437. The number of aliphatic hydroxyl groups is 1. The van der Waals surface area contributed by atoms with Gasteiger partial charge in [0.05, 0.1) is 6.10 Å². The highest BCUT2D eigenvalue weighted by Gasteiger charge is 2.26. The van der Waals surface area contributed by atoms with Crippen LogP contribution >= 0.6 is 11.8 Å². The fourth-order valence-corrected chi connectivity index (χ4v) is 2.98. The summed E-state index contributed by atoms with van der Waals surface area (Å²) >= 11 is 1.73. The second kappa shape index (κ2) is 7.55. The third-order valence-electron chi connectivity index (χ3n) is 3.60. The number of urea groups is 1. The van der Waals surface area contributed by atoms with Crippen LogP contribution in [0.3, 0.4) is 0 Å². The maximum atomic E-state index is 12.0. The Kier molecular flexibility index (Phi) is 5.73. The number of likely N-dealkylation sites (tertiary alicyclic amines) is 1. The summed E-state index contributed by atoms with van der Waals surface area (Å²) in [6.45, 7) is 3.84. The van der Waals surface area contributed by atoms with Gasteiger partial charge in [-0.1, -0.05) is 25.1 Å². The molecule has 110 valence electrons. The molecule has 1 heterocycles. The predicted octanol–water partition coefficient (Wildman–Crippen LogP) is 2.19. The molecule has 2 amide bonds. The van der Waals surface area contributed by atoms with Crippen LogP contribution in [0.15, 0.2) is 35.2 Å². The zero-order chi connectivity index (χ0) is 14.4. The molecule has 2 atom stereocenters. The number of piperidine rings is 1. The third kappa shape index (κ3) is 4.42. The Labute approximate surface area is 124 Å². The topological polar surface area (TPSA) is 52.6 Å². The number of hydrogen-bond donors (Lipinski definition) is 2. The van der Waals surface area contributed by atoms with Crippen LogP contribution < -0.4 is 5.32 Å². The molecular weight excluding hydrogens is 272 g/mol. The number of rotatable bonds is 4. The maximum Gasteiger partial charge on any atom is 0.317 e. The number of carbonyl (C=O) groups is 1. The predicted molar refractivity (Wildman–Crippen MR) is 81.9 cm³/mol. The minimum Gasteiger partial charge on any atom is -0.391 e. The third-order valence-corrected chi connectivity index (χ3v) is 4.61. The molecule has 2 unspecified atom stereocenters. The van der Waals surface area contributed by atoms with Gasteiger partial charge in [-0.2, -0.15) is 0 Å². The van der Waals surface area contributed by atoms with Gasteiger partial charge in [0, 0.05) is 30.3 Å². The van der Waals surface area contributed by atoms with Crippen molar-refractivity contribution in [3.63, 3.8) is 0 Å². The Balaban J connectivity index is 1.65. The molecule has 1 aromatic carbocycles. The molecule has 0 aliphatic carbocycles. The molecule has 2 rings (SSSR count). The van der Waals surface area contributed by atoms with Crippen LogP contribution in [0.4, 0.5) is 4.79 Å². The van der Waals surface area contributed by atoms with Crippen molar-refractivity contribution in [3.05, 3.63) is 30.3 Å². The van der Waals surface area contributed by atoms with Gasteiger partial charge in [-0.25, -0.2) is 4.79 Å². The fraction of sp³-hybridized carbons (Fsp3) is 0.533.